The van der Waals surface area contributed by atoms with Gasteiger partial charge in [0.1, 0.15) is 17.2 Å². The highest BCUT2D eigenvalue weighted by atomic mass is 35.5. The van der Waals surface area contributed by atoms with Crippen LogP contribution < -0.4 is 9.64 Å². The third kappa shape index (κ3) is 4.73. The summed E-state index contributed by atoms with van der Waals surface area (Å²) >= 11 is 13.0. The van der Waals surface area contributed by atoms with Gasteiger partial charge in [-0.25, -0.2) is 9.78 Å². The number of aromatic nitrogens is 3. The zero-order chi connectivity index (χ0) is 28.3. The van der Waals surface area contributed by atoms with E-state index in [0.717, 1.165) is 74.0 Å². The lowest BCUT2D eigenvalue weighted by Crippen LogP contribution is -2.44. The lowest BCUT2D eigenvalue weighted by Gasteiger charge is -2.50. The van der Waals surface area contributed by atoms with Crippen molar-refractivity contribution < 1.29 is 19.2 Å². The summed E-state index contributed by atoms with van der Waals surface area (Å²) in [4.78, 5) is 22.2. The summed E-state index contributed by atoms with van der Waals surface area (Å²) < 4.78 is 11.3. The summed E-state index contributed by atoms with van der Waals surface area (Å²) in [5.74, 6) is 0.790. The van der Waals surface area contributed by atoms with E-state index in [0.29, 0.717) is 43.9 Å². The zero-order valence-electron chi connectivity index (χ0n) is 22.5. The van der Waals surface area contributed by atoms with E-state index in [-0.39, 0.29) is 5.69 Å². The van der Waals surface area contributed by atoms with Crippen LogP contribution in [-0.2, 0) is 0 Å². The Kier molecular flexibility index (Phi) is 6.43. The smallest absolute Gasteiger partial charge is 0.354 e. The number of aromatic carboxylic acids is 1. The summed E-state index contributed by atoms with van der Waals surface area (Å²) in [5, 5.41) is 15.5. The summed E-state index contributed by atoms with van der Waals surface area (Å²) in [7, 11) is 1.55. The normalized spacial score (nSPS) is 18.0. The predicted molar refractivity (Wildman–Crippen MR) is 158 cm³/mol. The van der Waals surface area contributed by atoms with Crippen molar-refractivity contribution in [3.8, 4) is 17.0 Å². The lowest BCUT2D eigenvalue weighted by molar-refractivity contribution is 0.0690. The molecule has 2 aliphatic carbocycles. The average molecular weight is 591 g/mol. The molecule has 0 atom stereocenters. The van der Waals surface area contributed by atoms with Crippen molar-refractivity contribution in [1.82, 2.24) is 15.1 Å². The van der Waals surface area contributed by atoms with Gasteiger partial charge in [0.25, 0.3) is 0 Å². The van der Waals surface area contributed by atoms with E-state index in [4.69, 9.17) is 32.5 Å². The minimum absolute atomic E-state index is 0.0228. The van der Waals surface area contributed by atoms with E-state index in [9.17, 15) is 9.90 Å². The number of anilines is 1. The first-order chi connectivity index (χ1) is 19.8. The predicted octanol–water partition coefficient (Wildman–Crippen LogP) is 7.64. The number of carbonyl (C=O) groups is 1. The van der Waals surface area contributed by atoms with E-state index in [1.807, 2.05) is 12.1 Å². The Morgan fingerprint density at radius 3 is 2.54 bits per heavy atom. The van der Waals surface area contributed by atoms with Crippen LogP contribution in [0, 0.1) is 5.41 Å². The number of fused-ring (bicyclic) bond motifs is 1. The fraction of sp³-hybridized carbons (Fsp3) is 0.355. The van der Waals surface area contributed by atoms with Crippen molar-refractivity contribution >= 4 is 51.8 Å². The van der Waals surface area contributed by atoms with Gasteiger partial charge in [-0.15, -0.1) is 0 Å². The highest BCUT2D eigenvalue weighted by Gasteiger charge is 2.43. The first kappa shape index (κ1) is 26.3. The number of hydrogen-bond donors (Lipinski definition) is 1. The van der Waals surface area contributed by atoms with Gasteiger partial charge < -0.3 is 19.3 Å². The van der Waals surface area contributed by atoms with Crippen LogP contribution in [0.25, 0.3) is 28.2 Å². The average Bonchev–Trinajstić information content (AvgIpc) is 3.72. The number of allylic oxidation sites excluding steroid dienone is 1. The van der Waals surface area contributed by atoms with Crippen LogP contribution in [0.4, 0.5) is 5.69 Å². The van der Waals surface area contributed by atoms with Crippen LogP contribution in [-0.4, -0.2) is 46.4 Å². The van der Waals surface area contributed by atoms with E-state index in [2.05, 4.69) is 32.2 Å². The molecule has 7 rings (SSSR count). The van der Waals surface area contributed by atoms with E-state index in [1.54, 1.807) is 19.5 Å². The molecule has 0 radical (unpaired) electrons. The number of halogens is 2. The van der Waals surface area contributed by atoms with Gasteiger partial charge >= 0.3 is 5.97 Å². The fourth-order valence-electron chi connectivity index (χ4n) is 6.38. The molecule has 10 heteroatoms. The Bertz CT molecular complexity index is 1690. The van der Waals surface area contributed by atoms with E-state index >= 15 is 0 Å². The van der Waals surface area contributed by atoms with E-state index < -0.39 is 5.97 Å². The molecule has 4 aromatic rings. The molecule has 1 spiro atoms. The molecule has 0 unspecified atom stereocenters. The van der Waals surface area contributed by atoms with Crippen molar-refractivity contribution in [2.75, 3.05) is 25.1 Å². The van der Waals surface area contributed by atoms with Crippen molar-refractivity contribution in [2.45, 2.75) is 44.4 Å². The van der Waals surface area contributed by atoms with Crippen molar-refractivity contribution in [2.24, 2.45) is 5.41 Å². The topological polar surface area (TPSA) is 102 Å². The Labute approximate surface area is 246 Å². The highest BCUT2D eigenvalue weighted by Crippen LogP contribution is 2.54. The molecule has 1 aliphatic heterocycles. The number of rotatable bonds is 6. The van der Waals surface area contributed by atoms with Crippen LogP contribution in [0.3, 0.4) is 0 Å². The maximum atomic E-state index is 11.4. The molecular formula is C31H28Cl2N4O4. The fourth-order valence-corrected chi connectivity index (χ4v) is 6.92. The number of carboxylic acid groups (broad SMARTS) is 1. The molecule has 3 aromatic heterocycles. The minimum Gasteiger partial charge on any atom is -0.496 e. The maximum absolute atomic E-state index is 11.4. The van der Waals surface area contributed by atoms with Gasteiger partial charge in [-0.05, 0) is 68.2 Å². The molecule has 210 valence electrons. The zero-order valence-corrected chi connectivity index (χ0v) is 24.0. The van der Waals surface area contributed by atoms with Gasteiger partial charge in [0.05, 0.1) is 22.7 Å². The second kappa shape index (κ2) is 10.0. The molecule has 1 N–H and O–H groups in total. The van der Waals surface area contributed by atoms with Crippen molar-refractivity contribution in [3.05, 3.63) is 69.3 Å². The summed E-state index contributed by atoms with van der Waals surface area (Å²) in [6, 6.07) is 7.43. The first-order valence-corrected chi connectivity index (χ1v) is 14.6. The number of nitrogens with zero attached hydrogens (tertiary/aromatic N) is 4. The highest BCUT2D eigenvalue weighted by molar-refractivity contribution is 6.39. The number of piperidine rings is 1. The third-order valence-electron chi connectivity index (χ3n) is 8.73. The van der Waals surface area contributed by atoms with Crippen LogP contribution in [0.2, 0.25) is 10.0 Å². The van der Waals surface area contributed by atoms with Gasteiger partial charge in [0, 0.05) is 59.7 Å². The third-order valence-corrected chi connectivity index (χ3v) is 9.30. The molecule has 3 fully saturated rings. The Balaban J connectivity index is 1.08. The number of ether oxygens (including phenoxy) is 1. The largest absolute Gasteiger partial charge is 0.496 e. The number of pyridine rings is 2. The molecule has 8 nitrogen and oxygen atoms in total. The maximum Gasteiger partial charge on any atom is 0.354 e. The van der Waals surface area contributed by atoms with Crippen molar-refractivity contribution in [3.63, 3.8) is 0 Å². The minimum atomic E-state index is -1.07. The molecular weight excluding hydrogens is 563 g/mol. The van der Waals surface area contributed by atoms with Gasteiger partial charge in [-0.3, -0.25) is 4.98 Å². The van der Waals surface area contributed by atoms with Gasteiger partial charge in [-0.1, -0.05) is 33.9 Å². The monoisotopic (exact) mass is 590 g/mol. The molecule has 4 heterocycles. The van der Waals surface area contributed by atoms with Gasteiger partial charge in [-0.2, -0.15) is 0 Å². The first-order valence-electron chi connectivity index (χ1n) is 13.8. The Morgan fingerprint density at radius 1 is 1.15 bits per heavy atom. The van der Waals surface area contributed by atoms with Crippen LogP contribution in [0.5, 0.6) is 5.75 Å². The molecule has 3 aliphatic rings. The summed E-state index contributed by atoms with van der Waals surface area (Å²) in [6.07, 6.45) is 12.0. The molecule has 0 bridgehead atoms. The molecule has 41 heavy (non-hydrogen) atoms. The van der Waals surface area contributed by atoms with E-state index in [1.165, 1.54) is 11.6 Å². The quantitative estimate of drug-likeness (QED) is 0.244. The van der Waals surface area contributed by atoms with Crippen LogP contribution in [0.1, 0.15) is 66.3 Å². The lowest BCUT2D eigenvalue weighted by atomic mass is 9.60. The second-order valence-corrected chi connectivity index (χ2v) is 12.2. The Hall–Kier alpha value is -3.62. The molecule has 1 saturated heterocycles. The van der Waals surface area contributed by atoms with Gasteiger partial charge in [0.15, 0.2) is 5.69 Å². The van der Waals surface area contributed by atoms with Gasteiger partial charge in [0.2, 0.25) is 0 Å². The van der Waals surface area contributed by atoms with Crippen LogP contribution in [0.15, 0.2) is 46.8 Å². The van der Waals surface area contributed by atoms with Crippen molar-refractivity contribution in [1.29, 1.82) is 0 Å². The molecule has 1 aromatic carbocycles. The SMILES string of the molecule is COc1cc(C(=O)O)nc2ccc(N3CCC4(CC3)CC(=Cc3c(-c5c(Cl)cncc5Cl)noc3C3CC3)C4)cc12. The molecule has 0 amide bonds. The molecule has 2 saturated carbocycles. The number of hydrogen-bond acceptors (Lipinski definition) is 7. The second-order valence-electron chi connectivity index (χ2n) is 11.4. The number of carboxylic acids is 1. The Morgan fingerprint density at radius 2 is 1.88 bits per heavy atom. The van der Waals surface area contributed by atoms with Crippen LogP contribution >= 0.6 is 23.2 Å². The number of methoxy groups -OCH3 is 1. The number of benzene rings is 1. The summed E-state index contributed by atoms with van der Waals surface area (Å²) in [5.41, 5.74) is 5.78. The standard InChI is InChI=1S/C31H28Cl2N4O4/c1-40-26-12-25(30(38)39)35-24-5-4-19(11-20(24)26)37-8-6-31(7-9-37)13-17(14-31)10-21-28(36-41-29(21)18-2-3-18)27-22(32)15-34-16-23(27)33/h4-5,10-12,15-16,18H,2-3,6-9,13-14H2,1H3,(H,38,39). The summed E-state index contributed by atoms with van der Waals surface area (Å²) in [6.45, 7) is 1.91.